The number of hydrogen-bond donors (Lipinski definition) is 2. The van der Waals surface area contributed by atoms with Crippen LogP contribution in [-0.4, -0.2) is 18.4 Å². The van der Waals surface area contributed by atoms with Crippen molar-refractivity contribution in [1.29, 1.82) is 0 Å². The topological polar surface area (TPSA) is 58.2 Å². The number of carbonyl (C=O) groups is 2. The number of anilines is 1. The molecule has 0 aromatic heterocycles. The zero-order chi connectivity index (χ0) is 16.8. The minimum atomic E-state index is -0.249. The van der Waals surface area contributed by atoms with Crippen molar-refractivity contribution in [3.05, 3.63) is 64.7 Å². The lowest BCUT2D eigenvalue weighted by molar-refractivity contribution is 0.0947. The van der Waals surface area contributed by atoms with E-state index >= 15 is 0 Å². The van der Waals surface area contributed by atoms with Gasteiger partial charge in [0.2, 0.25) is 0 Å². The van der Waals surface area contributed by atoms with E-state index in [4.69, 9.17) is 11.6 Å². The van der Waals surface area contributed by atoms with Crippen LogP contribution in [0.2, 0.25) is 5.02 Å². The first-order chi connectivity index (χ1) is 11.0. The normalized spacial score (nSPS) is 10.4. The van der Waals surface area contributed by atoms with Crippen LogP contribution in [0.3, 0.4) is 0 Å². The van der Waals surface area contributed by atoms with Gasteiger partial charge in [-0.05, 0) is 48.4 Å². The van der Waals surface area contributed by atoms with Crippen LogP contribution in [0.25, 0.3) is 0 Å². The third-order valence-electron chi connectivity index (χ3n) is 3.16. The molecule has 0 saturated carbocycles. The maximum atomic E-state index is 12.2. The van der Waals surface area contributed by atoms with Gasteiger partial charge >= 0.3 is 0 Å². The van der Waals surface area contributed by atoms with Gasteiger partial charge in [0, 0.05) is 28.4 Å². The number of amides is 2. The highest BCUT2D eigenvalue weighted by Crippen LogP contribution is 2.16. The summed E-state index contributed by atoms with van der Waals surface area (Å²) >= 11 is 5.89. The number of benzene rings is 2. The molecular formula is C18H19ClN2O2. The summed E-state index contributed by atoms with van der Waals surface area (Å²) in [7, 11) is 0. The Morgan fingerprint density at radius 2 is 1.61 bits per heavy atom. The molecule has 5 heteroatoms. The third-order valence-corrected chi connectivity index (χ3v) is 3.40. The van der Waals surface area contributed by atoms with Gasteiger partial charge in [-0.25, -0.2) is 0 Å². The largest absolute Gasteiger partial charge is 0.352 e. The lowest BCUT2D eigenvalue weighted by Gasteiger charge is -2.09. The lowest BCUT2D eigenvalue weighted by atomic mass is 10.1. The van der Waals surface area contributed by atoms with Crippen LogP contribution in [0.1, 0.15) is 34.6 Å². The van der Waals surface area contributed by atoms with E-state index in [0.29, 0.717) is 34.3 Å². The standard InChI is InChI=1S/C18H19ClN2O2/c1-12(2)11-20-17(22)13-6-8-14(9-7-13)18(23)21-16-5-3-4-15(19)10-16/h3-10,12H,11H2,1-2H3,(H,20,22)(H,21,23). The molecule has 2 N–H and O–H groups in total. The fourth-order valence-electron chi connectivity index (χ4n) is 1.94. The van der Waals surface area contributed by atoms with Gasteiger partial charge in [-0.2, -0.15) is 0 Å². The predicted molar refractivity (Wildman–Crippen MR) is 93.0 cm³/mol. The van der Waals surface area contributed by atoms with Gasteiger partial charge in [0.05, 0.1) is 0 Å². The Kier molecular flexibility index (Phi) is 5.77. The second-order valence-corrected chi connectivity index (χ2v) is 6.08. The van der Waals surface area contributed by atoms with E-state index in [0.717, 1.165) is 0 Å². The first-order valence-corrected chi connectivity index (χ1v) is 7.78. The summed E-state index contributed by atoms with van der Waals surface area (Å²) in [5, 5.41) is 6.16. The van der Waals surface area contributed by atoms with Crippen LogP contribution < -0.4 is 10.6 Å². The molecule has 0 unspecified atom stereocenters. The Bertz CT molecular complexity index is 696. The fraction of sp³-hybridized carbons (Fsp3) is 0.222. The van der Waals surface area contributed by atoms with Crippen molar-refractivity contribution in [3.63, 3.8) is 0 Å². The summed E-state index contributed by atoms with van der Waals surface area (Å²) in [5.74, 6) is 0.00334. The minimum Gasteiger partial charge on any atom is -0.352 e. The number of rotatable bonds is 5. The van der Waals surface area contributed by atoms with Crippen LogP contribution in [0.15, 0.2) is 48.5 Å². The highest BCUT2D eigenvalue weighted by atomic mass is 35.5. The molecule has 2 aromatic rings. The third kappa shape index (κ3) is 5.11. The molecule has 0 aliphatic carbocycles. The van der Waals surface area contributed by atoms with E-state index in [-0.39, 0.29) is 11.8 Å². The molecule has 0 saturated heterocycles. The maximum Gasteiger partial charge on any atom is 0.255 e. The fourth-order valence-corrected chi connectivity index (χ4v) is 2.13. The molecule has 4 nitrogen and oxygen atoms in total. The van der Waals surface area contributed by atoms with Crippen molar-refractivity contribution in [2.75, 3.05) is 11.9 Å². The summed E-state index contributed by atoms with van der Waals surface area (Å²) in [4.78, 5) is 24.1. The summed E-state index contributed by atoms with van der Waals surface area (Å²) < 4.78 is 0. The van der Waals surface area contributed by atoms with Crippen LogP contribution in [0.4, 0.5) is 5.69 Å². The second kappa shape index (κ2) is 7.79. The van der Waals surface area contributed by atoms with Crippen LogP contribution >= 0.6 is 11.6 Å². The number of nitrogens with one attached hydrogen (secondary N) is 2. The van der Waals surface area contributed by atoms with Crippen molar-refractivity contribution < 1.29 is 9.59 Å². The van der Waals surface area contributed by atoms with Crippen LogP contribution in [-0.2, 0) is 0 Å². The minimum absolute atomic E-state index is 0.138. The SMILES string of the molecule is CC(C)CNC(=O)c1ccc(C(=O)Nc2cccc(Cl)c2)cc1. The predicted octanol–water partition coefficient (Wildman–Crippen LogP) is 3.98. The van der Waals surface area contributed by atoms with Crippen molar-refractivity contribution in [2.24, 2.45) is 5.92 Å². The zero-order valence-electron chi connectivity index (χ0n) is 13.1. The van der Waals surface area contributed by atoms with Crippen molar-refractivity contribution in [2.45, 2.75) is 13.8 Å². The van der Waals surface area contributed by atoms with Gasteiger partial charge in [-0.3, -0.25) is 9.59 Å². The molecule has 2 aromatic carbocycles. The average Bonchev–Trinajstić information content (AvgIpc) is 2.52. The molecule has 120 valence electrons. The van der Waals surface area contributed by atoms with E-state index in [1.165, 1.54) is 0 Å². The first kappa shape index (κ1) is 17.0. The van der Waals surface area contributed by atoms with Gasteiger partial charge in [0.15, 0.2) is 0 Å². The highest BCUT2D eigenvalue weighted by molar-refractivity contribution is 6.31. The second-order valence-electron chi connectivity index (χ2n) is 5.65. The van der Waals surface area contributed by atoms with Crippen molar-refractivity contribution >= 4 is 29.1 Å². The highest BCUT2D eigenvalue weighted by Gasteiger charge is 2.09. The molecule has 0 atom stereocenters. The first-order valence-electron chi connectivity index (χ1n) is 7.41. The van der Waals surface area contributed by atoms with Gasteiger partial charge in [-0.1, -0.05) is 31.5 Å². The number of hydrogen-bond acceptors (Lipinski definition) is 2. The molecule has 0 aliphatic heterocycles. The summed E-state index contributed by atoms with van der Waals surface area (Å²) in [6.45, 7) is 4.68. The van der Waals surface area contributed by atoms with Gasteiger partial charge in [-0.15, -0.1) is 0 Å². The van der Waals surface area contributed by atoms with Gasteiger partial charge < -0.3 is 10.6 Å². The maximum absolute atomic E-state index is 12.2. The zero-order valence-corrected chi connectivity index (χ0v) is 13.9. The number of carbonyl (C=O) groups excluding carboxylic acids is 2. The van der Waals surface area contributed by atoms with Crippen molar-refractivity contribution in [1.82, 2.24) is 5.32 Å². The lowest BCUT2D eigenvalue weighted by Crippen LogP contribution is -2.27. The quantitative estimate of drug-likeness (QED) is 0.871. The smallest absolute Gasteiger partial charge is 0.255 e. The molecule has 23 heavy (non-hydrogen) atoms. The van der Waals surface area contributed by atoms with E-state index in [1.54, 1.807) is 48.5 Å². The Hall–Kier alpha value is -2.33. The molecule has 0 spiro atoms. The molecule has 2 rings (SSSR count). The number of halogens is 1. The Labute approximate surface area is 140 Å². The van der Waals surface area contributed by atoms with Crippen molar-refractivity contribution in [3.8, 4) is 0 Å². The molecule has 2 amide bonds. The molecule has 0 bridgehead atoms. The monoisotopic (exact) mass is 330 g/mol. The van der Waals surface area contributed by atoms with E-state index in [1.807, 2.05) is 13.8 Å². The molecule has 0 heterocycles. The van der Waals surface area contributed by atoms with E-state index in [9.17, 15) is 9.59 Å². The Morgan fingerprint density at radius 1 is 1.00 bits per heavy atom. The average molecular weight is 331 g/mol. The van der Waals surface area contributed by atoms with Crippen LogP contribution in [0, 0.1) is 5.92 Å². The molecule has 0 radical (unpaired) electrons. The molecular weight excluding hydrogens is 312 g/mol. The van der Waals surface area contributed by atoms with E-state index in [2.05, 4.69) is 10.6 Å². The van der Waals surface area contributed by atoms with Crippen LogP contribution in [0.5, 0.6) is 0 Å². The van der Waals surface area contributed by atoms with Gasteiger partial charge in [0.1, 0.15) is 0 Å². The Balaban J connectivity index is 2.01. The Morgan fingerprint density at radius 3 is 2.17 bits per heavy atom. The summed E-state index contributed by atoms with van der Waals surface area (Å²) in [6, 6.07) is 13.5. The molecule has 0 fully saturated rings. The summed E-state index contributed by atoms with van der Waals surface area (Å²) in [5.41, 5.74) is 1.64. The van der Waals surface area contributed by atoms with Gasteiger partial charge in [0.25, 0.3) is 11.8 Å². The van der Waals surface area contributed by atoms with E-state index < -0.39 is 0 Å². The summed E-state index contributed by atoms with van der Waals surface area (Å²) in [6.07, 6.45) is 0. The molecule has 0 aliphatic rings.